The molecular weight excluding hydrogens is 318 g/mol. The molecule has 132 valence electrons. The van der Waals surface area contributed by atoms with Gasteiger partial charge in [0.1, 0.15) is 5.52 Å². The van der Waals surface area contributed by atoms with E-state index in [1.165, 1.54) is 0 Å². The predicted octanol–water partition coefficient (Wildman–Crippen LogP) is 1.46. The molecule has 2 aromatic heterocycles. The molecule has 0 aliphatic carbocycles. The molecule has 0 aliphatic rings. The molecule has 0 spiro atoms. The molecule has 0 unspecified atom stereocenters. The molecule has 3 aromatic rings. The number of nitrogens with two attached hydrogens (primary N) is 1. The Kier molecular flexibility index (Phi) is 5.92. The van der Waals surface area contributed by atoms with Crippen molar-refractivity contribution in [3.05, 3.63) is 36.8 Å². The van der Waals surface area contributed by atoms with Crippen LogP contribution in [0.1, 0.15) is 12.8 Å². The number of hydrogen-bond donors (Lipinski definition) is 2. The van der Waals surface area contributed by atoms with Gasteiger partial charge < -0.3 is 20.4 Å². The average Bonchev–Trinajstić information content (AvgIpc) is 3.06. The summed E-state index contributed by atoms with van der Waals surface area (Å²) < 4.78 is 7.70. The summed E-state index contributed by atoms with van der Waals surface area (Å²) in [5, 5.41) is 3.91. The van der Waals surface area contributed by atoms with Gasteiger partial charge >= 0.3 is 0 Å². The molecule has 0 radical (unpaired) electrons. The first-order valence-corrected chi connectivity index (χ1v) is 8.52. The number of fused-ring (bicyclic) bond motifs is 3. The van der Waals surface area contributed by atoms with Crippen molar-refractivity contribution >= 4 is 27.8 Å². The number of rotatable bonds is 9. The van der Waals surface area contributed by atoms with Crippen LogP contribution in [-0.2, 0) is 16.1 Å². The van der Waals surface area contributed by atoms with Gasteiger partial charge in [0, 0.05) is 24.9 Å². The maximum Gasteiger partial charge on any atom is 0.220 e. The van der Waals surface area contributed by atoms with Gasteiger partial charge in [-0.15, -0.1) is 0 Å². The lowest BCUT2D eigenvalue weighted by Crippen LogP contribution is -2.27. The van der Waals surface area contributed by atoms with Gasteiger partial charge in [0.15, 0.2) is 0 Å². The minimum absolute atomic E-state index is 0.0219. The van der Waals surface area contributed by atoms with Crippen molar-refractivity contribution in [1.82, 2.24) is 19.9 Å². The van der Waals surface area contributed by atoms with Crippen molar-refractivity contribution in [3.8, 4) is 0 Å². The minimum Gasteiger partial charge on any atom is -0.378 e. The van der Waals surface area contributed by atoms with Crippen LogP contribution in [0.2, 0.25) is 0 Å². The molecule has 7 heteroatoms. The molecule has 0 atom stereocenters. The van der Waals surface area contributed by atoms with Gasteiger partial charge in [-0.3, -0.25) is 9.78 Å². The molecule has 0 fully saturated rings. The second-order valence-corrected chi connectivity index (χ2v) is 5.80. The fourth-order valence-electron chi connectivity index (χ4n) is 2.75. The second-order valence-electron chi connectivity index (χ2n) is 5.80. The van der Waals surface area contributed by atoms with Gasteiger partial charge in [-0.05, 0) is 19.0 Å². The Bertz CT molecular complexity index is 846. The largest absolute Gasteiger partial charge is 0.378 e. The summed E-state index contributed by atoms with van der Waals surface area (Å²) >= 11 is 0. The van der Waals surface area contributed by atoms with Crippen molar-refractivity contribution in [2.24, 2.45) is 5.73 Å². The SMILES string of the molecule is NCCCC(=O)NCCOCCn1cnc2cnc3ccccc3c21. The number of para-hydroxylation sites is 1. The third kappa shape index (κ3) is 4.32. The molecule has 0 saturated heterocycles. The zero-order chi connectivity index (χ0) is 17.5. The van der Waals surface area contributed by atoms with Crippen LogP contribution in [0.4, 0.5) is 0 Å². The molecule has 3 N–H and O–H groups in total. The first kappa shape index (κ1) is 17.3. The van der Waals surface area contributed by atoms with Gasteiger partial charge in [0.2, 0.25) is 5.91 Å². The van der Waals surface area contributed by atoms with E-state index in [1.54, 1.807) is 6.20 Å². The van der Waals surface area contributed by atoms with E-state index in [2.05, 4.69) is 25.9 Å². The lowest BCUT2D eigenvalue weighted by molar-refractivity contribution is -0.121. The summed E-state index contributed by atoms with van der Waals surface area (Å²) in [5.41, 5.74) is 8.29. The van der Waals surface area contributed by atoms with Crippen LogP contribution < -0.4 is 11.1 Å². The number of hydrogen-bond acceptors (Lipinski definition) is 5. The fourth-order valence-corrected chi connectivity index (χ4v) is 2.75. The molecule has 1 aromatic carbocycles. The lowest BCUT2D eigenvalue weighted by Gasteiger charge is -2.08. The highest BCUT2D eigenvalue weighted by molar-refractivity contribution is 6.01. The number of carbonyl (C=O) groups excluding carboxylic acids is 1. The van der Waals surface area contributed by atoms with Crippen molar-refractivity contribution in [2.45, 2.75) is 19.4 Å². The Morgan fingerprint density at radius 1 is 1.20 bits per heavy atom. The zero-order valence-electron chi connectivity index (χ0n) is 14.1. The van der Waals surface area contributed by atoms with E-state index in [0.717, 1.165) is 21.9 Å². The third-order valence-corrected chi connectivity index (χ3v) is 4.00. The van der Waals surface area contributed by atoms with Gasteiger partial charge in [0.05, 0.1) is 36.8 Å². The lowest BCUT2D eigenvalue weighted by atomic mass is 10.2. The Balaban J connectivity index is 1.51. The van der Waals surface area contributed by atoms with E-state index < -0.39 is 0 Å². The number of carbonyl (C=O) groups is 1. The summed E-state index contributed by atoms with van der Waals surface area (Å²) in [5.74, 6) is 0.0219. The van der Waals surface area contributed by atoms with Crippen molar-refractivity contribution < 1.29 is 9.53 Å². The summed E-state index contributed by atoms with van der Waals surface area (Å²) in [6.45, 7) is 2.80. The Morgan fingerprint density at radius 2 is 2.08 bits per heavy atom. The number of nitrogens with zero attached hydrogens (tertiary/aromatic N) is 3. The maximum absolute atomic E-state index is 11.5. The molecule has 0 aliphatic heterocycles. The standard InChI is InChI=1S/C18H23N5O2/c19-7-3-6-17(24)20-8-10-25-11-9-23-13-22-16-12-21-15-5-2-1-4-14(15)18(16)23/h1-2,4-5,12-13H,3,6-11,19H2,(H,20,24). The van der Waals surface area contributed by atoms with E-state index in [4.69, 9.17) is 10.5 Å². The first-order chi connectivity index (χ1) is 12.3. The average molecular weight is 341 g/mol. The van der Waals surface area contributed by atoms with Crippen molar-refractivity contribution in [3.63, 3.8) is 0 Å². The van der Waals surface area contributed by atoms with Crippen molar-refractivity contribution in [2.75, 3.05) is 26.3 Å². The van der Waals surface area contributed by atoms with E-state index in [1.807, 2.05) is 24.5 Å². The summed E-state index contributed by atoms with van der Waals surface area (Å²) in [7, 11) is 0. The topological polar surface area (TPSA) is 95.1 Å². The fraction of sp³-hybridized carbons (Fsp3) is 0.389. The molecule has 0 saturated carbocycles. The van der Waals surface area contributed by atoms with E-state index in [9.17, 15) is 4.79 Å². The highest BCUT2D eigenvalue weighted by Gasteiger charge is 2.07. The molecule has 7 nitrogen and oxygen atoms in total. The highest BCUT2D eigenvalue weighted by Crippen LogP contribution is 2.22. The van der Waals surface area contributed by atoms with Crippen LogP contribution in [0.3, 0.4) is 0 Å². The number of aromatic nitrogens is 3. The number of nitrogens with one attached hydrogen (secondary N) is 1. The molecular formula is C18H23N5O2. The van der Waals surface area contributed by atoms with Gasteiger partial charge in [-0.1, -0.05) is 18.2 Å². The number of benzene rings is 1. The van der Waals surface area contributed by atoms with Crippen LogP contribution >= 0.6 is 0 Å². The predicted molar refractivity (Wildman–Crippen MR) is 97.2 cm³/mol. The summed E-state index contributed by atoms with van der Waals surface area (Å²) in [6, 6.07) is 8.04. The quantitative estimate of drug-likeness (QED) is 0.575. The summed E-state index contributed by atoms with van der Waals surface area (Å²) in [4.78, 5) is 20.3. The normalized spacial score (nSPS) is 11.2. The maximum atomic E-state index is 11.5. The number of pyridine rings is 1. The van der Waals surface area contributed by atoms with E-state index in [0.29, 0.717) is 45.7 Å². The van der Waals surface area contributed by atoms with Crippen LogP contribution in [0, 0.1) is 0 Å². The number of ether oxygens (including phenoxy) is 1. The van der Waals surface area contributed by atoms with Crippen LogP contribution in [0.15, 0.2) is 36.8 Å². The molecule has 1 amide bonds. The van der Waals surface area contributed by atoms with Crippen LogP contribution in [-0.4, -0.2) is 46.7 Å². The van der Waals surface area contributed by atoms with Crippen LogP contribution in [0.5, 0.6) is 0 Å². The van der Waals surface area contributed by atoms with Gasteiger partial charge in [-0.25, -0.2) is 4.98 Å². The Labute approximate surface area is 146 Å². The first-order valence-electron chi connectivity index (χ1n) is 8.52. The Hall–Kier alpha value is -2.51. The van der Waals surface area contributed by atoms with Gasteiger partial charge in [-0.2, -0.15) is 0 Å². The summed E-state index contributed by atoms with van der Waals surface area (Å²) in [6.07, 6.45) is 4.80. The van der Waals surface area contributed by atoms with Crippen molar-refractivity contribution in [1.29, 1.82) is 0 Å². The molecule has 0 bridgehead atoms. The van der Waals surface area contributed by atoms with E-state index >= 15 is 0 Å². The van der Waals surface area contributed by atoms with E-state index in [-0.39, 0.29) is 5.91 Å². The number of amides is 1. The third-order valence-electron chi connectivity index (χ3n) is 4.00. The van der Waals surface area contributed by atoms with Gasteiger partial charge in [0.25, 0.3) is 0 Å². The minimum atomic E-state index is 0.0219. The number of imidazole rings is 1. The molecule has 25 heavy (non-hydrogen) atoms. The molecule has 3 rings (SSSR count). The highest BCUT2D eigenvalue weighted by atomic mass is 16.5. The monoisotopic (exact) mass is 341 g/mol. The molecule has 2 heterocycles. The smallest absolute Gasteiger partial charge is 0.220 e. The van der Waals surface area contributed by atoms with Crippen LogP contribution in [0.25, 0.3) is 21.9 Å². The Morgan fingerprint density at radius 3 is 2.96 bits per heavy atom. The second kappa shape index (κ2) is 8.55. The zero-order valence-corrected chi connectivity index (χ0v) is 14.1.